The van der Waals surface area contributed by atoms with Gasteiger partial charge in [0.15, 0.2) is 11.5 Å². The molecular formula is C23H26F3NO3. The summed E-state index contributed by atoms with van der Waals surface area (Å²) < 4.78 is 50.4. The van der Waals surface area contributed by atoms with Crippen molar-refractivity contribution in [3.63, 3.8) is 0 Å². The highest BCUT2D eigenvalue weighted by Crippen LogP contribution is 2.40. The number of halogens is 3. The van der Waals surface area contributed by atoms with Crippen LogP contribution in [0.5, 0.6) is 11.5 Å². The van der Waals surface area contributed by atoms with E-state index in [1.807, 2.05) is 24.3 Å². The average molecular weight is 421 g/mol. The molecule has 4 nitrogen and oxygen atoms in total. The van der Waals surface area contributed by atoms with Gasteiger partial charge in [-0.3, -0.25) is 4.90 Å². The number of aliphatic hydroxyl groups excluding tert-OH is 1. The van der Waals surface area contributed by atoms with Crippen molar-refractivity contribution in [2.45, 2.75) is 37.8 Å². The van der Waals surface area contributed by atoms with Crippen molar-refractivity contribution in [2.24, 2.45) is 11.8 Å². The molecule has 162 valence electrons. The van der Waals surface area contributed by atoms with Gasteiger partial charge in [-0.2, -0.15) is 13.2 Å². The maximum Gasteiger partial charge on any atom is 0.416 e. The quantitative estimate of drug-likeness (QED) is 0.779. The average Bonchev–Trinajstić information content (AvgIpc) is 3.09. The summed E-state index contributed by atoms with van der Waals surface area (Å²) in [6.45, 7) is 2.05. The van der Waals surface area contributed by atoms with Crippen LogP contribution in [0.25, 0.3) is 0 Å². The zero-order chi connectivity index (χ0) is 21.3. The molecule has 1 aliphatic heterocycles. The SMILES string of the molecule is COc1ccccc1O[C@@H]1C[C@@H]2CN(Cc3cccc(C(F)(F)F)c3)C[C@@H]2C[C@H]1O. The summed E-state index contributed by atoms with van der Waals surface area (Å²) in [6.07, 6.45) is -3.89. The van der Waals surface area contributed by atoms with Crippen LogP contribution in [0.3, 0.4) is 0 Å². The molecule has 1 saturated carbocycles. The topological polar surface area (TPSA) is 41.9 Å². The van der Waals surface area contributed by atoms with Gasteiger partial charge in [-0.1, -0.05) is 30.3 Å². The zero-order valence-electron chi connectivity index (χ0n) is 16.8. The maximum atomic E-state index is 13.0. The van der Waals surface area contributed by atoms with Gasteiger partial charge in [-0.25, -0.2) is 0 Å². The Balaban J connectivity index is 1.40. The van der Waals surface area contributed by atoms with E-state index < -0.39 is 17.8 Å². The first-order chi connectivity index (χ1) is 14.3. The summed E-state index contributed by atoms with van der Waals surface area (Å²) in [7, 11) is 1.58. The fourth-order valence-corrected chi connectivity index (χ4v) is 4.73. The molecule has 0 amide bonds. The first-order valence-electron chi connectivity index (χ1n) is 10.2. The van der Waals surface area contributed by atoms with Crippen LogP contribution >= 0.6 is 0 Å². The lowest BCUT2D eigenvalue weighted by molar-refractivity contribution is -0.137. The Bertz CT molecular complexity index is 873. The third kappa shape index (κ3) is 4.57. The molecule has 0 radical (unpaired) electrons. The van der Waals surface area contributed by atoms with Crippen LogP contribution in [-0.2, 0) is 12.7 Å². The fourth-order valence-electron chi connectivity index (χ4n) is 4.73. The Kier molecular flexibility index (Phi) is 5.93. The van der Waals surface area contributed by atoms with Gasteiger partial charge in [-0.05, 0) is 48.4 Å². The molecule has 7 heteroatoms. The molecular weight excluding hydrogens is 395 g/mol. The highest BCUT2D eigenvalue weighted by Gasteiger charge is 2.43. The standard InChI is InChI=1S/C23H26F3NO3/c1-29-20-7-2-3-8-21(20)30-22-11-17-14-27(13-16(17)10-19(22)28)12-15-5-4-6-18(9-15)23(24,25)26/h2-9,16-17,19,22,28H,10-14H2,1H3/t16-,17+,19+,22+/m0/s1. The summed E-state index contributed by atoms with van der Waals surface area (Å²) >= 11 is 0. The van der Waals surface area contributed by atoms with Crippen LogP contribution in [0.15, 0.2) is 48.5 Å². The molecule has 2 fully saturated rings. The van der Waals surface area contributed by atoms with Gasteiger partial charge >= 0.3 is 6.18 Å². The molecule has 0 spiro atoms. The van der Waals surface area contributed by atoms with E-state index in [0.717, 1.165) is 19.2 Å². The van der Waals surface area contributed by atoms with Crippen LogP contribution in [0.2, 0.25) is 0 Å². The number of para-hydroxylation sites is 2. The third-order valence-electron chi connectivity index (χ3n) is 6.17. The molecule has 2 aromatic carbocycles. The van der Waals surface area contributed by atoms with Crippen molar-refractivity contribution in [1.29, 1.82) is 0 Å². The number of likely N-dealkylation sites (tertiary alicyclic amines) is 1. The van der Waals surface area contributed by atoms with Gasteiger partial charge in [-0.15, -0.1) is 0 Å². The number of hydrogen-bond donors (Lipinski definition) is 1. The Labute approximate surface area is 174 Å². The molecule has 4 rings (SSSR count). The van der Waals surface area contributed by atoms with Gasteiger partial charge in [0.05, 0.1) is 18.8 Å². The minimum atomic E-state index is -4.33. The summed E-state index contributed by atoms with van der Waals surface area (Å²) in [5.41, 5.74) is 0.0446. The predicted molar refractivity (Wildman–Crippen MR) is 106 cm³/mol. The number of methoxy groups -OCH3 is 1. The molecule has 2 aromatic rings. The van der Waals surface area contributed by atoms with E-state index in [9.17, 15) is 18.3 Å². The monoisotopic (exact) mass is 421 g/mol. The zero-order valence-corrected chi connectivity index (χ0v) is 16.8. The normalized spacial score (nSPS) is 27.0. The maximum absolute atomic E-state index is 13.0. The van der Waals surface area contributed by atoms with E-state index in [1.165, 1.54) is 12.1 Å². The lowest BCUT2D eigenvalue weighted by atomic mass is 9.78. The lowest BCUT2D eigenvalue weighted by Gasteiger charge is -2.35. The number of rotatable bonds is 5. The van der Waals surface area contributed by atoms with Crippen LogP contribution in [0.4, 0.5) is 13.2 Å². The summed E-state index contributed by atoms with van der Waals surface area (Å²) in [5.74, 6) is 1.91. The second-order valence-corrected chi connectivity index (χ2v) is 8.26. The summed E-state index contributed by atoms with van der Waals surface area (Å²) in [6, 6.07) is 12.9. The van der Waals surface area contributed by atoms with Gasteiger partial charge in [0.2, 0.25) is 0 Å². The van der Waals surface area contributed by atoms with Crippen LogP contribution < -0.4 is 9.47 Å². The van der Waals surface area contributed by atoms with Gasteiger partial charge < -0.3 is 14.6 Å². The fraction of sp³-hybridized carbons (Fsp3) is 0.478. The molecule has 0 aromatic heterocycles. The Morgan fingerprint density at radius 2 is 1.70 bits per heavy atom. The largest absolute Gasteiger partial charge is 0.493 e. The molecule has 1 N–H and O–H groups in total. The number of aliphatic hydroxyl groups is 1. The number of nitrogens with zero attached hydrogens (tertiary/aromatic N) is 1. The smallest absolute Gasteiger partial charge is 0.416 e. The first kappa shape index (κ1) is 21.0. The van der Waals surface area contributed by atoms with Gasteiger partial charge in [0.1, 0.15) is 6.10 Å². The Morgan fingerprint density at radius 3 is 2.40 bits per heavy atom. The Hall–Kier alpha value is -2.25. The third-order valence-corrected chi connectivity index (χ3v) is 6.17. The molecule has 1 heterocycles. The summed E-state index contributed by atoms with van der Waals surface area (Å²) in [4.78, 5) is 2.18. The van der Waals surface area contributed by atoms with Crippen LogP contribution in [0.1, 0.15) is 24.0 Å². The van der Waals surface area contributed by atoms with E-state index in [2.05, 4.69) is 4.90 Å². The number of alkyl halides is 3. The minimum Gasteiger partial charge on any atom is -0.493 e. The van der Waals surface area contributed by atoms with E-state index in [0.29, 0.717) is 48.3 Å². The van der Waals surface area contributed by atoms with Crippen molar-refractivity contribution < 1.29 is 27.8 Å². The second kappa shape index (κ2) is 8.47. The van der Waals surface area contributed by atoms with Crippen molar-refractivity contribution in [3.8, 4) is 11.5 Å². The van der Waals surface area contributed by atoms with E-state index >= 15 is 0 Å². The van der Waals surface area contributed by atoms with Crippen molar-refractivity contribution in [2.75, 3.05) is 20.2 Å². The highest BCUT2D eigenvalue weighted by atomic mass is 19.4. The molecule has 30 heavy (non-hydrogen) atoms. The Morgan fingerprint density at radius 1 is 1.00 bits per heavy atom. The number of ether oxygens (including phenoxy) is 2. The summed E-state index contributed by atoms with van der Waals surface area (Å²) in [5, 5.41) is 10.6. The predicted octanol–water partition coefficient (Wildman–Crippen LogP) is 4.36. The molecule has 1 aliphatic carbocycles. The highest BCUT2D eigenvalue weighted by molar-refractivity contribution is 5.39. The van der Waals surface area contributed by atoms with Crippen LogP contribution in [-0.4, -0.2) is 42.4 Å². The van der Waals surface area contributed by atoms with Gasteiger partial charge in [0.25, 0.3) is 0 Å². The van der Waals surface area contributed by atoms with Crippen molar-refractivity contribution >= 4 is 0 Å². The molecule has 4 atom stereocenters. The molecule has 1 saturated heterocycles. The van der Waals surface area contributed by atoms with E-state index in [-0.39, 0.29) is 6.10 Å². The lowest BCUT2D eigenvalue weighted by Crippen LogP contribution is -2.42. The molecule has 0 bridgehead atoms. The number of benzene rings is 2. The molecule has 2 aliphatic rings. The number of hydrogen-bond acceptors (Lipinski definition) is 4. The van der Waals surface area contributed by atoms with Crippen molar-refractivity contribution in [1.82, 2.24) is 4.90 Å². The van der Waals surface area contributed by atoms with Crippen molar-refractivity contribution in [3.05, 3.63) is 59.7 Å². The van der Waals surface area contributed by atoms with Crippen LogP contribution in [0, 0.1) is 11.8 Å². The second-order valence-electron chi connectivity index (χ2n) is 8.26. The van der Waals surface area contributed by atoms with E-state index in [4.69, 9.17) is 9.47 Å². The number of fused-ring (bicyclic) bond motifs is 1. The molecule has 0 unspecified atom stereocenters. The van der Waals surface area contributed by atoms with E-state index in [1.54, 1.807) is 13.2 Å². The van der Waals surface area contributed by atoms with Gasteiger partial charge in [0, 0.05) is 19.6 Å². The first-order valence-corrected chi connectivity index (χ1v) is 10.2. The minimum absolute atomic E-state index is 0.323.